The van der Waals surface area contributed by atoms with E-state index in [1.165, 1.54) is 16.7 Å². The molecule has 0 spiro atoms. The van der Waals surface area contributed by atoms with Gasteiger partial charge in [0, 0.05) is 24.8 Å². The minimum Gasteiger partial charge on any atom is -0.341 e. The Kier molecular flexibility index (Phi) is 4.77. The normalized spacial score (nSPS) is 13.9. The third-order valence-corrected chi connectivity index (χ3v) is 4.79. The lowest BCUT2D eigenvalue weighted by molar-refractivity contribution is -0.131. The van der Waals surface area contributed by atoms with Gasteiger partial charge in [-0.05, 0) is 43.5 Å². The van der Waals surface area contributed by atoms with Crippen LogP contribution in [0.25, 0.3) is 17.2 Å². The van der Waals surface area contributed by atoms with Gasteiger partial charge in [-0.3, -0.25) is 4.79 Å². The lowest BCUT2D eigenvalue weighted by atomic mass is 10.2. The molecule has 28 heavy (non-hydrogen) atoms. The highest BCUT2D eigenvalue weighted by atomic mass is 19.1. The van der Waals surface area contributed by atoms with Gasteiger partial charge >= 0.3 is 5.69 Å². The van der Waals surface area contributed by atoms with Crippen LogP contribution in [0.2, 0.25) is 0 Å². The van der Waals surface area contributed by atoms with E-state index in [0.29, 0.717) is 24.5 Å². The predicted octanol–water partition coefficient (Wildman–Crippen LogP) is 2.17. The van der Waals surface area contributed by atoms with Crippen LogP contribution in [-0.2, 0) is 11.3 Å². The molecule has 0 bridgehead atoms. The number of pyridine rings is 1. The van der Waals surface area contributed by atoms with Crippen molar-refractivity contribution < 1.29 is 9.18 Å². The summed E-state index contributed by atoms with van der Waals surface area (Å²) < 4.78 is 16.2. The van der Waals surface area contributed by atoms with Gasteiger partial charge in [0.25, 0.3) is 0 Å². The zero-order valence-electron chi connectivity index (χ0n) is 15.5. The van der Waals surface area contributed by atoms with E-state index in [0.717, 1.165) is 23.1 Å². The first-order chi connectivity index (χ1) is 13.5. The molecule has 8 heteroatoms. The molecular formula is C20H20FN5O2. The van der Waals surface area contributed by atoms with Gasteiger partial charge in [0.15, 0.2) is 5.82 Å². The maximum atomic E-state index is 13.8. The fraction of sp³-hybridized carbons (Fsp3) is 0.300. The fourth-order valence-corrected chi connectivity index (χ4v) is 3.32. The van der Waals surface area contributed by atoms with Gasteiger partial charge < -0.3 is 4.90 Å². The summed E-state index contributed by atoms with van der Waals surface area (Å²) in [6.45, 7) is 3.14. The van der Waals surface area contributed by atoms with Crippen molar-refractivity contribution in [3.8, 4) is 17.2 Å². The number of hydrogen-bond donors (Lipinski definition) is 0. The minimum absolute atomic E-state index is 0.146. The van der Waals surface area contributed by atoms with Crippen LogP contribution < -0.4 is 5.69 Å². The Hall–Kier alpha value is -3.29. The van der Waals surface area contributed by atoms with Crippen LogP contribution in [0.5, 0.6) is 0 Å². The molecule has 0 saturated carbocycles. The Morgan fingerprint density at radius 3 is 2.64 bits per heavy atom. The maximum absolute atomic E-state index is 13.8. The molecule has 1 amide bonds. The predicted molar refractivity (Wildman–Crippen MR) is 102 cm³/mol. The number of halogens is 1. The topological polar surface area (TPSA) is 73.0 Å². The van der Waals surface area contributed by atoms with Crippen LogP contribution in [0, 0.1) is 12.7 Å². The highest BCUT2D eigenvalue weighted by Crippen LogP contribution is 2.20. The lowest BCUT2D eigenvalue weighted by Crippen LogP contribution is -2.35. The molecule has 0 radical (unpaired) electrons. The number of hydrogen-bond acceptors (Lipinski definition) is 4. The van der Waals surface area contributed by atoms with Crippen molar-refractivity contribution in [1.29, 1.82) is 0 Å². The molecule has 1 aliphatic heterocycles. The van der Waals surface area contributed by atoms with Gasteiger partial charge in [-0.1, -0.05) is 18.2 Å². The Balaban J connectivity index is 1.80. The second-order valence-corrected chi connectivity index (χ2v) is 6.89. The van der Waals surface area contributed by atoms with Gasteiger partial charge in [-0.15, -0.1) is 5.10 Å². The number of rotatable bonds is 4. The molecule has 0 unspecified atom stereocenters. The van der Waals surface area contributed by atoms with Crippen molar-refractivity contribution in [3.05, 3.63) is 64.5 Å². The molecule has 144 valence electrons. The van der Waals surface area contributed by atoms with Crippen molar-refractivity contribution in [3.63, 3.8) is 0 Å². The van der Waals surface area contributed by atoms with Crippen molar-refractivity contribution in [1.82, 2.24) is 24.2 Å². The van der Waals surface area contributed by atoms with Gasteiger partial charge in [-0.2, -0.15) is 0 Å². The number of carbonyl (C=O) groups is 1. The zero-order chi connectivity index (χ0) is 19.7. The number of amides is 1. The summed E-state index contributed by atoms with van der Waals surface area (Å²) in [5.41, 5.74) is 0.899. The zero-order valence-corrected chi connectivity index (χ0v) is 15.5. The molecule has 1 saturated heterocycles. The van der Waals surface area contributed by atoms with E-state index in [9.17, 15) is 14.0 Å². The van der Waals surface area contributed by atoms with E-state index < -0.39 is 11.5 Å². The van der Waals surface area contributed by atoms with Crippen LogP contribution >= 0.6 is 0 Å². The van der Waals surface area contributed by atoms with Crippen LogP contribution in [-0.4, -0.2) is 43.2 Å². The standard InChI is InChI=1S/C20H20FN5O2/c1-14-7-8-17(22-12-14)26-19(15-5-4-6-16(21)11-15)23-25(20(26)28)13-18(27)24-9-2-3-10-24/h4-8,11-12H,2-3,9-10,13H2,1H3. The maximum Gasteiger partial charge on any atom is 0.352 e. The number of nitrogens with zero attached hydrogens (tertiary/aromatic N) is 5. The number of aryl methyl sites for hydroxylation is 1. The molecule has 7 nitrogen and oxygen atoms in total. The molecule has 0 atom stereocenters. The molecule has 2 aromatic heterocycles. The summed E-state index contributed by atoms with van der Waals surface area (Å²) in [4.78, 5) is 31.6. The van der Waals surface area contributed by atoms with Gasteiger partial charge in [-0.25, -0.2) is 23.4 Å². The highest BCUT2D eigenvalue weighted by Gasteiger charge is 2.23. The van der Waals surface area contributed by atoms with Gasteiger partial charge in [0.2, 0.25) is 5.91 Å². The highest BCUT2D eigenvalue weighted by molar-refractivity contribution is 5.76. The van der Waals surface area contributed by atoms with Gasteiger partial charge in [0.05, 0.1) is 0 Å². The van der Waals surface area contributed by atoms with E-state index in [1.54, 1.807) is 29.3 Å². The monoisotopic (exact) mass is 381 g/mol. The molecule has 3 aromatic rings. The molecule has 0 N–H and O–H groups in total. The fourth-order valence-electron chi connectivity index (χ4n) is 3.32. The molecule has 1 aliphatic rings. The summed E-state index contributed by atoms with van der Waals surface area (Å²) >= 11 is 0. The van der Waals surface area contributed by atoms with Crippen molar-refractivity contribution >= 4 is 5.91 Å². The Morgan fingerprint density at radius 1 is 1.18 bits per heavy atom. The van der Waals surface area contributed by atoms with Crippen LogP contribution in [0.3, 0.4) is 0 Å². The first kappa shape index (κ1) is 18.1. The largest absolute Gasteiger partial charge is 0.352 e. The van der Waals surface area contributed by atoms with Crippen LogP contribution in [0.4, 0.5) is 4.39 Å². The summed E-state index contributed by atoms with van der Waals surface area (Å²) in [6, 6.07) is 9.38. The van der Waals surface area contributed by atoms with E-state index in [2.05, 4.69) is 10.1 Å². The Labute approximate surface area is 161 Å². The van der Waals surface area contributed by atoms with Crippen molar-refractivity contribution in [2.75, 3.05) is 13.1 Å². The smallest absolute Gasteiger partial charge is 0.341 e. The average Bonchev–Trinajstić information content (AvgIpc) is 3.32. The molecule has 1 aromatic carbocycles. The third-order valence-electron chi connectivity index (χ3n) is 4.79. The van der Waals surface area contributed by atoms with Crippen molar-refractivity contribution in [2.45, 2.75) is 26.3 Å². The van der Waals surface area contributed by atoms with E-state index in [4.69, 9.17) is 0 Å². The SMILES string of the molecule is Cc1ccc(-n2c(-c3cccc(F)c3)nn(CC(=O)N3CCCC3)c2=O)nc1. The number of benzene rings is 1. The number of likely N-dealkylation sites (tertiary alicyclic amines) is 1. The second-order valence-electron chi connectivity index (χ2n) is 6.89. The van der Waals surface area contributed by atoms with Crippen molar-refractivity contribution in [2.24, 2.45) is 0 Å². The van der Waals surface area contributed by atoms with Crippen LogP contribution in [0.15, 0.2) is 47.4 Å². The number of carbonyl (C=O) groups excluding carboxylic acids is 1. The summed E-state index contributed by atoms with van der Waals surface area (Å²) in [5, 5.41) is 4.34. The Bertz CT molecular complexity index is 1060. The molecule has 0 aliphatic carbocycles. The van der Waals surface area contributed by atoms with E-state index in [1.807, 2.05) is 13.0 Å². The summed E-state index contributed by atoms with van der Waals surface area (Å²) in [6.07, 6.45) is 3.58. The summed E-state index contributed by atoms with van der Waals surface area (Å²) in [5.74, 6) is 0.0350. The third kappa shape index (κ3) is 3.45. The molecular weight excluding hydrogens is 361 g/mol. The first-order valence-corrected chi connectivity index (χ1v) is 9.19. The minimum atomic E-state index is -0.483. The van der Waals surface area contributed by atoms with Gasteiger partial charge in [0.1, 0.15) is 18.2 Å². The molecule has 1 fully saturated rings. The molecule has 4 rings (SSSR count). The van der Waals surface area contributed by atoms with E-state index >= 15 is 0 Å². The summed E-state index contributed by atoms with van der Waals surface area (Å²) in [7, 11) is 0. The molecule has 3 heterocycles. The Morgan fingerprint density at radius 2 is 1.96 bits per heavy atom. The van der Waals surface area contributed by atoms with E-state index in [-0.39, 0.29) is 18.3 Å². The first-order valence-electron chi connectivity index (χ1n) is 9.19. The average molecular weight is 381 g/mol. The number of aromatic nitrogens is 4. The lowest BCUT2D eigenvalue weighted by Gasteiger charge is -2.14. The quantitative estimate of drug-likeness (QED) is 0.694. The second kappa shape index (κ2) is 7.38. The van der Waals surface area contributed by atoms with Crippen LogP contribution in [0.1, 0.15) is 18.4 Å².